The Morgan fingerprint density at radius 2 is 0.983 bits per heavy atom. The van der Waals surface area contributed by atoms with Gasteiger partial charge in [0, 0.05) is 60.0 Å². The molecule has 8 nitrogen and oxygen atoms in total. The molecule has 0 aliphatic heterocycles. The van der Waals surface area contributed by atoms with Gasteiger partial charge >= 0.3 is 0 Å². The van der Waals surface area contributed by atoms with Crippen molar-refractivity contribution in [3.8, 4) is 33.6 Å². The molecule has 0 spiro atoms. The number of H-pyrrole nitrogens is 2. The number of hydrogen-bond donors (Lipinski definition) is 4. The van der Waals surface area contributed by atoms with Gasteiger partial charge in [0.25, 0.3) is 0 Å². The van der Waals surface area contributed by atoms with Crippen LogP contribution in [0.2, 0.25) is 0 Å². The standard InChI is InChI=1S/C46H56F4N6O2/c1-43(2,3)37(55-41(57)25-15-19-45(47,48)20-16-25)39-51-33-13-9-29-23-27(7-11-31(29)35(33)53-39)28-8-12-32-30(24-28)10-14-34-36(32)54-40(52-34)38(44(4,5)6)56-42(58)26-17-21-46(49,50)22-18-26/h7-8,11-12,23-26,37-38H,9-10,13-22H2,1-6H3,(H,51,53)(H,52,54)(H,55,57)(H,56,58)/t37-,38?/m1/s1. The molecule has 0 saturated heterocycles. The summed E-state index contributed by atoms with van der Waals surface area (Å²) < 4.78 is 55.3. The molecule has 4 aliphatic carbocycles. The van der Waals surface area contributed by atoms with Crippen molar-refractivity contribution in [3.63, 3.8) is 0 Å². The molecule has 8 rings (SSSR count). The summed E-state index contributed by atoms with van der Waals surface area (Å²) in [4.78, 5) is 43.9. The molecule has 2 heterocycles. The third kappa shape index (κ3) is 8.09. The minimum absolute atomic E-state index is 0.185. The van der Waals surface area contributed by atoms with Gasteiger partial charge in [0.05, 0.1) is 23.5 Å². The first-order valence-corrected chi connectivity index (χ1v) is 21.1. The maximum Gasteiger partial charge on any atom is 0.248 e. The molecule has 4 aliphatic rings. The lowest BCUT2D eigenvalue weighted by Crippen LogP contribution is -2.42. The Morgan fingerprint density at radius 1 is 0.621 bits per heavy atom. The number of fused-ring (bicyclic) bond motifs is 6. The van der Waals surface area contributed by atoms with Gasteiger partial charge in [-0.3, -0.25) is 9.59 Å². The minimum Gasteiger partial charge on any atom is -0.345 e. The van der Waals surface area contributed by atoms with Gasteiger partial charge in [0.15, 0.2) is 0 Å². The summed E-state index contributed by atoms with van der Waals surface area (Å²) in [5, 5.41) is 6.36. The smallest absolute Gasteiger partial charge is 0.248 e. The molecule has 2 aromatic carbocycles. The van der Waals surface area contributed by atoms with Crippen LogP contribution in [0.15, 0.2) is 36.4 Å². The molecule has 1 unspecified atom stereocenters. The maximum absolute atomic E-state index is 13.8. The number of nitrogens with zero attached hydrogens (tertiary/aromatic N) is 2. The van der Waals surface area contributed by atoms with Crippen molar-refractivity contribution < 1.29 is 27.2 Å². The van der Waals surface area contributed by atoms with Gasteiger partial charge in [-0.25, -0.2) is 27.5 Å². The van der Waals surface area contributed by atoms with Gasteiger partial charge < -0.3 is 20.6 Å². The molecule has 2 aromatic heterocycles. The zero-order valence-corrected chi connectivity index (χ0v) is 34.5. The number of rotatable bonds is 7. The number of aromatic nitrogens is 4. The number of imidazole rings is 2. The van der Waals surface area contributed by atoms with Gasteiger partial charge in [-0.1, -0.05) is 77.9 Å². The average Bonchev–Trinajstić information content (AvgIpc) is 3.79. The summed E-state index contributed by atoms with van der Waals surface area (Å²) in [7, 11) is 0. The van der Waals surface area contributed by atoms with Crippen LogP contribution >= 0.6 is 0 Å². The normalized spacial score (nSPS) is 20.2. The summed E-state index contributed by atoms with van der Waals surface area (Å²) in [6, 6.07) is 12.2. The highest BCUT2D eigenvalue weighted by Gasteiger charge is 2.41. The largest absolute Gasteiger partial charge is 0.345 e. The third-order valence-corrected chi connectivity index (χ3v) is 13.0. The van der Waals surface area contributed by atoms with E-state index in [-0.39, 0.29) is 74.0 Å². The number of carbonyl (C=O) groups is 2. The van der Waals surface area contributed by atoms with Crippen LogP contribution in [-0.2, 0) is 35.3 Å². The molecule has 58 heavy (non-hydrogen) atoms. The van der Waals surface area contributed by atoms with Crippen LogP contribution in [0, 0.1) is 22.7 Å². The molecule has 2 saturated carbocycles. The van der Waals surface area contributed by atoms with E-state index >= 15 is 0 Å². The second-order valence-corrected chi connectivity index (χ2v) is 19.5. The monoisotopic (exact) mass is 800 g/mol. The van der Waals surface area contributed by atoms with Gasteiger partial charge in [-0.2, -0.15) is 0 Å². The number of alkyl halides is 4. The SMILES string of the molecule is CC(C)(C)C(NC(=O)C1CCC(F)(F)CC1)c1nc2c([nH]1)CCc1cc(-c3ccc4c(c3)CCc3[nH]c([C@@H](NC(=O)C5CCC(F)(F)CC5)C(C)(C)C)nc3-4)ccc1-2. The van der Waals surface area contributed by atoms with Crippen molar-refractivity contribution in [2.24, 2.45) is 22.7 Å². The van der Waals surface area contributed by atoms with Crippen molar-refractivity contribution in [1.82, 2.24) is 30.6 Å². The van der Waals surface area contributed by atoms with E-state index in [4.69, 9.17) is 9.97 Å². The number of hydrogen-bond acceptors (Lipinski definition) is 4. The lowest BCUT2D eigenvalue weighted by atomic mass is 9.83. The molecule has 4 aromatic rings. The van der Waals surface area contributed by atoms with E-state index in [1.54, 1.807) is 0 Å². The van der Waals surface area contributed by atoms with E-state index in [9.17, 15) is 27.2 Å². The predicted molar refractivity (Wildman–Crippen MR) is 216 cm³/mol. The van der Waals surface area contributed by atoms with E-state index < -0.39 is 35.8 Å². The van der Waals surface area contributed by atoms with Crippen molar-refractivity contribution >= 4 is 11.8 Å². The Morgan fingerprint density at radius 3 is 1.33 bits per heavy atom. The van der Waals surface area contributed by atoms with Gasteiger partial charge in [-0.15, -0.1) is 0 Å². The van der Waals surface area contributed by atoms with E-state index in [1.165, 1.54) is 11.1 Å². The van der Waals surface area contributed by atoms with E-state index in [2.05, 4.69) is 98.5 Å². The molecule has 310 valence electrons. The molecular weight excluding hydrogens is 745 g/mol. The van der Waals surface area contributed by atoms with Crippen LogP contribution in [0.1, 0.15) is 139 Å². The fourth-order valence-electron chi connectivity index (χ4n) is 9.40. The molecular formula is C46H56F4N6O2. The predicted octanol–water partition coefficient (Wildman–Crippen LogP) is 10.4. The molecule has 2 fully saturated rings. The Bertz CT molecular complexity index is 2050. The average molecular weight is 801 g/mol. The van der Waals surface area contributed by atoms with Gasteiger partial charge in [0.2, 0.25) is 23.7 Å². The van der Waals surface area contributed by atoms with Gasteiger partial charge in [-0.05, 0) is 84.5 Å². The molecule has 12 heteroatoms. The number of benzene rings is 2. The highest BCUT2D eigenvalue weighted by Crippen LogP contribution is 2.43. The molecule has 0 bridgehead atoms. The second-order valence-electron chi connectivity index (χ2n) is 19.5. The lowest BCUT2D eigenvalue weighted by Gasteiger charge is -2.33. The molecule has 0 radical (unpaired) electrons. The molecule has 2 amide bonds. The van der Waals surface area contributed by atoms with E-state index in [0.29, 0.717) is 11.6 Å². The van der Waals surface area contributed by atoms with Crippen LogP contribution in [-0.4, -0.2) is 43.6 Å². The first kappa shape index (κ1) is 40.3. The Balaban J connectivity index is 1.00. The Labute approximate surface area is 338 Å². The molecule has 4 N–H and O–H groups in total. The summed E-state index contributed by atoms with van der Waals surface area (Å²) in [6.45, 7) is 12.3. The van der Waals surface area contributed by atoms with Crippen LogP contribution in [0.4, 0.5) is 17.6 Å². The Kier molecular flexibility index (Phi) is 10.2. The highest BCUT2D eigenvalue weighted by atomic mass is 19.3. The zero-order valence-electron chi connectivity index (χ0n) is 34.5. The fraction of sp³-hybridized carbons (Fsp3) is 0.565. The number of halogens is 4. The van der Waals surface area contributed by atoms with Crippen LogP contribution in [0.3, 0.4) is 0 Å². The summed E-state index contributed by atoms with van der Waals surface area (Å²) in [5.74, 6) is -5.22. The highest BCUT2D eigenvalue weighted by molar-refractivity contribution is 5.81. The third-order valence-electron chi connectivity index (χ3n) is 13.0. The van der Waals surface area contributed by atoms with Crippen molar-refractivity contribution in [3.05, 3.63) is 70.6 Å². The number of aromatic amines is 2. The van der Waals surface area contributed by atoms with E-state index in [0.717, 1.165) is 70.7 Å². The van der Waals surface area contributed by atoms with Crippen LogP contribution in [0.25, 0.3) is 33.6 Å². The van der Waals surface area contributed by atoms with Crippen LogP contribution in [0.5, 0.6) is 0 Å². The summed E-state index contributed by atoms with van der Waals surface area (Å²) in [6.07, 6.45) is 2.95. The first-order valence-electron chi connectivity index (χ1n) is 21.1. The zero-order chi connectivity index (χ0) is 41.4. The summed E-state index contributed by atoms with van der Waals surface area (Å²) in [5.41, 5.74) is 9.88. The number of carbonyl (C=O) groups excluding carboxylic acids is 2. The minimum atomic E-state index is -2.69. The first-order chi connectivity index (χ1) is 27.2. The van der Waals surface area contributed by atoms with Crippen molar-refractivity contribution in [2.75, 3.05) is 0 Å². The fourth-order valence-corrected chi connectivity index (χ4v) is 9.40. The van der Waals surface area contributed by atoms with Gasteiger partial charge in [0.1, 0.15) is 11.6 Å². The quantitative estimate of drug-likeness (QED) is 0.139. The lowest BCUT2D eigenvalue weighted by molar-refractivity contribution is -0.131. The number of aryl methyl sites for hydroxylation is 4. The number of amides is 2. The number of nitrogens with one attached hydrogen (secondary N) is 4. The summed E-state index contributed by atoms with van der Waals surface area (Å²) >= 11 is 0. The Hall–Kier alpha value is -4.48. The van der Waals surface area contributed by atoms with Crippen molar-refractivity contribution in [2.45, 2.75) is 143 Å². The van der Waals surface area contributed by atoms with Crippen molar-refractivity contribution in [1.29, 1.82) is 0 Å². The van der Waals surface area contributed by atoms with E-state index in [1.807, 2.05) is 0 Å². The maximum atomic E-state index is 13.8. The topological polar surface area (TPSA) is 116 Å². The van der Waals surface area contributed by atoms with Crippen LogP contribution < -0.4 is 10.6 Å². The second kappa shape index (κ2) is 14.7. The molecule has 2 atom stereocenters.